The molecule has 3 aliphatic rings. The van der Waals surface area contributed by atoms with Crippen molar-refractivity contribution in [1.29, 1.82) is 0 Å². The molecule has 0 aliphatic carbocycles. The van der Waals surface area contributed by atoms with Gasteiger partial charge in [-0.2, -0.15) is 0 Å². The van der Waals surface area contributed by atoms with Crippen LogP contribution in [0.1, 0.15) is 73.3 Å². The second-order valence-electron chi connectivity index (χ2n) is 17.8. The van der Waals surface area contributed by atoms with Gasteiger partial charge in [0.15, 0.2) is 23.6 Å². The number of methoxy groups -OCH3 is 2. The molecule has 17 heteroatoms. The highest BCUT2D eigenvalue weighted by molar-refractivity contribution is 6.03. The van der Waals surface area contributed by atoms with Crippen molar-refractivity contribution in [2.45, 2.75) is 122 Å². The molecule has 2 N–H and O–H groups in total. The van der Waals surface area contributed by atoms with Gasteiger partial charge in [-0.05, 0) is 64.9 Å². The fourth-order valence-corrected chi connectivity index (χ4v) is 9.61. The van der Waals surface area contributed by atoms with Crippen LogP contribution in [0.4, 0.5) is 4.79 Å². The molecule has 0 bridgehead atoms. The highest BCUT2D eigenvalue weighted by Gasteiger charge is 2.57. The second-order valence-corrected chi connectivity index (χ2v) is 17.8. The van der Waals surface area contributed by atoms with E-state index in [1.54, 1.807) is 46.9 Å². The average Bonchev–Trinajstić information content (AvgIpc) is 3.59. The van der Waals surface area contributed by atoms with Crippen molar-refractivity contribution in [3.63, 3.8) is 0 Å². The van der Waals surface area contributed by atoms with Gasteiger partial charge in [-0.3, -0.25) is 29.0 Å². The van der Waals surface area contributed by atoms with E-state index in [0.717, 1.165) is 30.7 Å². The van der Waals surface area contributed by atoms with Gasteiger partial charge in [0.2, 0.25) is 0 Å². The molecule has 3 fully saturated rings. The van der Waals surface area contributed by atoms with Gasteiger partial charge in [-0.25, -0.2) is 4.79 Å². The molecular formula is C47H65N3O14. The largest absolute Gasteiger partial charge is 0.468 e. The van der Waals surface area contributed by atoms with Crippen LogP contribution in [-0.2, 0) is 57.1 Å². The number of rotatable bonds is 12. The zero-order chi connectivity index (χ0) is 47.2. The summed E-state index contributed by atoms with van der Waals surface area (Å²) in [7, 11) is 5.76. The van der Waals surface area contributed by atoms with Gasteiger partial charge in [-0.15, -0.1) is 0 Å². The molecule has 1 aromatic heterocycles. The van der Waals surface area contributed by atoms with Crippen molar-refractivity contribution in [2.24, 2.45) is 35.5 Å². The molecule has 2 aromatic rings. The number of nitrogens with zero attached hydrogens (tertiary/aromatic N) is 2. The van der Waals surface area contributed by atoms with Gasteiger partial charge in [0.05, 0.1) is 50.7 Å². The van der Waals surface area contributed by atoms with Gasteiger partial charge < -0.3 is 48.5 Å². The molecule has 14 atom stereocenters. The second kappa shape index (κ2) is 21.5. The summed E-state index contributed by atoms with van der Waals surface area (Å²) >= 11 is 0. The molecule has 2 unspecified atom stereocenters. The lowest BCUT2D eigenvalue weighted by Crippen LogP contribution is -2.59. The maximum absolute atomic E-state index is 15.1. The number of cyclic esters (lactones) is 1. The van der Waals surface area contributed by atoms with E-state index < -0.39 is 120 Å². The summed E-state index contributed by atoms with van der Waals surface area (Å²) in [4.78, 5) is 90.1. The Hall–Kier alpha value is -4.81. The molecule has 1 amide bonds. The first-order valence-corrected chi connectivity index (χ1v) is 22.0. The summed E-state index contributed by atoms with van der Waals surface area (Å²) in [5, 5.41) is 15.4. The lowest BCUT2D eigenvalue weighted by Gasteiger charge is -2.45. The van der Waals surface area contributed by atoms with Crippen molar-refractivity contribution in [3.8, 4) is 0 Å². The molecule has 352 valence electrons. The number of likely N-dealkylation sites (N-methyl/N-ethyl adjacent to an activating group) is 1. The summed E-state index contributed by atoms with van der Waals surface area (Å²) < 4.78 is 41.3. The number of pyridine rings is 1. The molecule has 3 saturated heterocycles. The van der Waals surface area contributed by atoms with Crippen LogP contribution < -0.4 is 5.32 Å². The number of alkyl carbamates (subject to hydrolysis) is 1. The summed E-state index contributed by atoms with van der Waals surface area (Å²) in [6, 6.07) is 8.28. The van der Waals surface area contributed by atoms with Crippen molar-refractivity contribution < 1.29 is 67.0 Å². The van der Waals surface area contributed by atoms with Crippen molar-refractivity contribution in [2.75, 3.05) is 34.9 Å². The van der Waals surface area contributed by atoms with Gasteiger partial charge in [0.1, 0.15) is 23.9 Å². The summed E-state index contributed by atoms with van der Waals surface area (Å²) in [5.41, 5.74) is 0.0393. The van der Waals surface area contributed by atoms with Crippen LogP contribution in [0.25, 0.3) is 17.0 Å². The Balaban J connectivity index is 1.64. The summed E-state index contributed by atoms with van der Waals surface area (Å²) in [6.45, 7) is 11.7. The zero-order valence-corrected chi connectivity index (χ0v) is 38.7. The molecule has 4 heterocycles. The quantitative estimate of drug-likeness (QED) is 0.173. The predicted octanol–water partition coefficient (Wildman–Crippen LogP) is 4.30. The number of aliphatic hydroxyl groups excluding tert-OH is 1. The Morgan fingerprint density at radius 2 is 1.64 bits per heavy atom. The van der Waals surface area contributed by atoms with E-state index in [4.69, 9.17) is 33.2 Å². The minimum absolute atomic E-state index is 0.00103. The monoisotopic (exact) mass is 895 g/mol. The summed E-state index contributed by atoms with van der Waals surface area (Å²) in [6.07, 6.45) is -1.89. The number of esters is 3. The molecule has 0 spiro atoms. The minimum atomic E-state index is -1.79. The highest BCUT2D eigenvalue weighted by Crippen LogP contribution is 2.40. The third kappa shape index (κ3) is 10.8. The number of carbonyl (C=O) groups excluding carboxylic acids is 6. The molecule has 17 nitrogen and oxygen atoms in total. The highest BCUT2D eigenvalue weighted by atomic mass is 16.7. The number of Topliss-reactive ketones (excluding diaryl/α,β-unsaturated/α-hetero) is 2. The van der Waals surface area contributed by atoms with E-state index in [1.807, 2.05) is 62.3 Å². The smallest absolute Gasteiger partial charge is 0.408 e. The zero-order valence-electron chi connectivity index (χ0n) is 38.7. The van der Waals surface area contributed by atoms with E-state index in [1.165, 1.54) is 6.92 Å². The average molecular weight is 896 g/mol. The normalized spacial score (nSPS) is 34.2. The van der Waals surface area contributed by atoms with Crippen LogP contribution in [-0.4, -0.2) is 140 Å². The van der Waals surface area contributed by atoms with Gasteiger partial charge in [-0.1, -0.05) is 65.0 Å². The molecule has 0 saturated carbocycles. The Bertz CT molecular complexity index is 2030. The van der Waals surface area contributed by atoms with Gasteiger partial charge >= 0.3 is 24.0 Å². The standard InChI is InChI=1S/C47H65N3O14/c1-12-35-47(7)41(49-46(57)64-47)27(5)36(51)25(3)39(60-19-15-16-29-21-30-17-13-14-18-33(30)48-23-29)28(6)40(63-45-38(53)34(50(8)9)20-24(2)61-45)26(4)37(52)31(44(56)62-35)22-32(42(54)58-10)43(55)59-11/h13-18,21,23-28,31-32,34-35,38-41,45,53H,12,19-20,22H2,1-11H3,(H,49,57)/b16-15+/t24-,25+,26+,27+,28+,31?,34+,35-,38-,39+,40-,41?,45+,47-/m1/s1. The Labute approximate surface area is 374 Å². The minimum Gasteiger partial charge on any atom is -0.468 e. The third-order valence-corrected chi connectivity index (χ3v) is 13.3. The van der Waals surface area contributed by atoms with Gasteiger partial charge in [0.25, 0.3) is 0 Å². The molecule has 5 rings (SSSR count). The number of fused-ring (bicyclic) bond motifs is 2. The molecule has 64 heavy (non-hydrogen) atoms. The van der Waals surface area contributed by atoms with Crippen LogP contribution in [0.2, 0.25) is 0 Å². The number of benzene rings is 1. The molecule has 3 aliphatic heterocycles. The fraction of sp³-hybridized carbons (Fsp3) is 0.638. The molecule has 1 aromatic carbocycles. The van der Waals surface area contributed by atoms with E-state index in [2.05, 4.69) is 10.3 Å². The molecular weight excluding hydrogens is 831 g/mol. The van der Waals surface area contributed by atoms with Crippen LogP contribution in [0.5, 0.6) is 0 Å². The number of amides is 1. The van der Waals surface area contributed by atoms with E-state index in [0.29, 0.717) is 6.42 Å². The van der Waals surface area contributed by atoms with Crippen LogP contribution in [0.15, 0.2) is 42.6 Å². The third-order valence-electron chi connectivity index (χ3n) is 13.3. The van der Waals surface area contributed by atoms with Crippen LogP contribution in [0.3, 0.4) is 0 Å². The van der Waals surface area contributed by atoms with Crippen molar-refractivity contribution in [3.05, 3.63) is 48.2 Å². The van der Waals surface area contributed by atoms with E-state index >= 15 is 4.79 Å². The van der Waals surface area contributed by atoms with Crippen molar-refractivity contribution in [1.82, 2.24) is 15.2 Å². The number of hydrogen-bond donors (Lipinski definition) is 2. The lowest BCUT2D eigenvalue weighted by atomic mass is 9.73. The Morgan fingerprint density at radius 3 is 2.28 bits per heavy atom. The number of para-hydroxylation sites is 1. The maximum Gasteiger partial charge on any atom is 0.408 e. The number of aromatic nitrogens is 1. The predicted molar refractivity (Wildman–Crippen MR) is 232 cm³/mol. The van der Waals surface area contributed by atoms with Crippen molar-refractivity contribution >= 4 is 52.5 Å². The SMILES string of the molecule is CC[C@H]1OC(=O)C(CC(C(=O)OC)C(=O)OC)C(=O)[C@H](C)[C@@H](O[C@@H]2O[C@H](C)C[C@H](N(C)C)[C@H]2O)[C@@H](C)[C@@H](OC/C=C/c2cnc3ccccc3c2)[C@@H](C)C(=O)[C@H](C)C2NC(=O)O[C@@]21C. The Morgan fingerprint density at radius 1 is 0.984 bits per heavy atom. The van der Waals surface area contributed by atoms with Crippen LogP contribution >= 0.6 is 0 Å². The van der Waals surface area contributed by atoms with Gasteiger partial charge in [0, 0.05) is 41.3 Å². The molecule has 0 radical (unpaired) electrons. The fourth-order valence-electron chi connectivity index (χ4n) is 9.61. The number of aliphatic hydroxyl groups is 1. The number of carbonyl (C=O) groups is 6. The lowest BCUT2D eigenvalue weighted by molar-refractivity contribution is -0.282. The number of hydrogen-bond acceptors (Lipinski definition) is 16. The summed E-state index contributed by atoms with van der Waals surface area (Å²) in [5.74, 6) is -11.7. The topological polar surface area (TPSA) is 215 Å². The Kier molecular flexibility index (Phi) is 16.8. The number of ketones is 2. The first-order chi connectivity index (χ1) is 30.3. The number of nitrogens with one attached hydrogen (secondary N) is 1. The van der Waals surface area contributed by atoms with E-state index in [-0.39, 0.29) is 24.9 Å². The maximum atomic E-state index is 15.1. The van der Waals surface area contributed by atoms with Crippen LogP contribution in [0, 0.1) is 35.5 Å². The first-order valence-electron chi connectivity index (χ1n) is 22.0. The van der Waals surface area contributed by atoms with E-state index in [9.17, 15) is 29.1 Å². The number of ether oxygens (including phenoxy) is 7. The first kappa shape index (κ1) is 50.2.